The summed E-state index contributed by atoms with van der Waals surface area (Å²) < 4.78 is 37.4. The van der Waals surface area contributed by atoms with Gasteiger partial charge in [-0.2, -0.15) is 4.31 Å². The highest BCUT2D eigenvalue weighted by molar-refractivity contribution is 7.60. The molecule has 1 saturated heterocycles. The van der Waals surface area contributed by atoms with Gasteiger partial charge in [-0.3, -0.25) is 18.5 Å². The Labute approximate surface area is 179 Å². The highest BCUT2D eigenvalue weighted by Gasteiger charge is 2.45. The van der Waals surface area contributed by atoms with Crippen LogP contribution in [0.5, 0.6) is 0 Å². The number of phosphoric ester groups is 1. The van der Waals surface area contributed by atoms with E-state index in [9.17, 15) is 33.8 Å². The molecule has 0 amide bonds. The maximum atomic E-state index is 12.8. The van der Waals surface area contributed by atoms with Gasteiger partial charge in [-0.15, -0.1) is 0 Å². The number of rotatable bonds is 8. The van der Waals surface area contributed by atoms with Crippen LogP contribution in [0.25, 0.3) is 0 Å². The Morgan fingerprint density at radius 3 is 2.28 bits per heavy atom. The Morgan fingerprint density at radius 2 is 1.66 bits per heavy atom. The third kappa shape index (κ3) is 5.88. The average molecular weight is 494 g/mol. The van der Waals surface area contributed by atoms with Crippen LogP contribution in [0.3, 0.4) is 0 Å². The molecule has 1 aromatic heterocycles. The minimum atomic E-state index is -5.35. The number of benzene rings is 1. The van der Waals surface area contributed by atoms with Crippen LogP contribution in [0.2, 0.25) is 0 Å². The molecule has 16 heteroatoms. The van der Waals surface area contributed by atoms with Crippen molar-refractivity contribution in [2.24, 2.45) is 0 Å². The number of phosphoric acid groups is 2. The summed E-state index contributed by atoms with van der Waals surface area (Å²) in [6.07, 6.45) is -5.32. The van der Waals surface area contributed by atoms with Crippen molar-refractivity contribution in [2.75, 3.05) is 6.61 Å². The van der Waals surface area contributed by atoms with E-state index in [1.54, 1.807) is 30.3 Å². The molecule has 5 atom stereocenters. The Morgan fingerprint density at radius 1 is 1.00 bits per heavy atom. The molecule has 5 N–H and O–H groups in total. The van der Waals surface area contributed by atoms with Crippen LogP contribution in [0.1, 0.15) is 11.8 Å². The summed E-state index contributed by atoms with van der Waals surface area (Å²) in [5, 5.41) is 20.5. The lowest BCUT2D eigenvalue weighted by molar-refractivity contribution is -0.0547. The maximum Gasteiger partial charge on any atom is 0.481 e. The second-order valence-corrected chi connectivity index (χ2v) is 9.63. The van der Waals surface area contributed by atoms with E-state index in [-0.39, 0.29) is 6.54 Å². The zero-order chi connectivity index (χ0) is 23.7. The van der Waals surface area contributed by atoms with Gasteiger partial charge in [-0.05, 0) is 5.56 Å². The van der Waals surface area contributed by atoms with Gasteiger partial charge < -0.3 is 29.6 Å². The summed E-state index contributed by atoms with van der Waals surface area (Å²) in [5.41, 5.74) is -0.803. The zero-order valence-electron chi connectivity index (χ0n) is 16.1. The molecule has 14 nitrogen and oxygen atoms in total. The minimum absolute atomic E-state index is 0.0648. The molecule has 0 aliphatic carbocycles. The second-order valence-electron chi connectivity index (χ2n) is 6.80. The van der Waals surface area contributed by atoms with E-state index in [0.29, 0.717) is 5.56 Å². The van der Waals surface area contributed by atoms with E-state index in [4.69, 9.17) is 14.5 Å². The fraction of sp³-hybridized carbons (Fsp3) is 0.375. The molecule has 1 unspecified atom stereocenters. The highest BCUT2D eigenvalue weighted by atomic mass is 31.3. The van der Waals surface area contributed by atoms with E-state index in [0.717, 1.165) is 21.4 Å². The molecule has 0 saturated carbocycles. The number of aliphatic hydroxyl groups is 2. The molecule has 3 rings (SSSR count). The molecule has 1 aromatic carbocycles. The van der Waals surface area contributed by atoms with Crippen molar-refractivity contribution in [2.45, 2.75) is 31.1 Å². The van der Waals surface area contributed by atoms with Crippen molar-refractivity contribution in [1.82, 2.24) is 9.13 Å². The summed E-state index contributed by atoms with van der Waals surface area (Å²) in [7, 11) is -10.6. The van der Waals surface area contributed by atoms with Crippen molar-refractivity contribution in [3.05, 3.63) is 69.0 Å². The van der Waals surface area contributed by atoms with Crippen LogP contribution in [0.15, 0.2) is 52.2 Å². The number of aromatic nitrogens is 2. The second kappa shape index (κ2) is 9.49. The monoisotopic (exact) mass is 494 g/mol. The zero-order valence-corrected chi connectivity index (χ0v) is 17.9. The van der Waals surface area contributed by atoms with Gasteiger partial charge in [0.05, 0.1) is 13.2 Å². The van der Waals surface area contributed by atoms with Crippen molar-refractivity contribution in [1.29, 1.82) is 0 Å². The molecule has 1 aliphatic heterocycles. The summed E-state index contributed by atoms with van der Waals surface area (Å²) in [6.45, 7) is -0.981. The fourth-order valence-electron chi connectivity index (χ4n) is 3.06. The minimum Gasteiger partial charge on any atom is -0.387 e. The van der Waals surface area contributed by atoms with Crippen LogP contribution in [-0.4, -0.2) is 58.9 Å². The molecule has 1 fully saturated rings. The Kier molecular flexibility index (Phi) is 7.32. The maximum absolute atomic E-state index is 12.8. The summed E-state index contributed by atoms with van der Waals surface area (Å²) in [5.74, 6) is 0. The van der Waals surface area contributed by atoms with Gasteiger partial charge in [-0.25, -0.2) is 13.9 Å². The van der Waals surface area contributed by atoms with Gasteiger partial charge in [0.25, 0.3) is 5.56 Å². The first-order valence-corrected chi connectivity index (χ1v) is 12.0. The van der Waals surface area contributed by atoms with E-state index in [1.165, 1.54) is 0 Å². The SMILES string of the molecule is O=c1ccn([C@@H]2O[C@H](COP(=O)(O)OP(=O)(O)O)[C@H](O)[C@@H]2O)c(=O)n1Cc1ccccc1. The van der Waals surface area contributed by atoms with Crippen LogP contribution in [0, 0.1) is 0 Å². The lowest BCUT2D eigenvalue weighted by atomic mass is 10.1. The van der Waals surface area contributed by atoms with Gasteiger partial charge in [0, 0.05) is 12.3 Å². The van der Waals surface area contributed by atoms with Crippen LogP contribution in [-0.2, 0) is 29.2 Å². The number of nitrogens with zero attached hydrogens (tertiary/aromatic N) is 2. The van der Waals surface area contributed by atoms with Crippen molar-refractivity contribution < 1.29 is 47.6 Å². The molecule has 0 bridgehead atoms. The average Bonchev–Trinajstić information content (AvgIpc) is 2.97. The standard InChI is InChI=1S/C16H20N2O12P2/c19-12-6-7-17(16(22)18(12)8-10-4-2-1-3-5-10)15-14(21)13(20)11(29-15)9-28-32(26,27)30-31(23,24)25/h1-7,11,13-15,20-21H,8-9H2,(H,26,27)(H2,23,24,25)/t11-,13+,14+,15-/m1/s1. The molecule has 176 valence electrons. The number of hydrogen-bond acceptors (Lipinski definition) is 9. The van der Waals surface area contributed by atoms with Gasteiger partial charge in [0.1, 0.15) is 18.3 Å². The number of ether oxygens (including phenoxy) is 1. The third-order valence-electron chi connectivity index (χ3n) is 4.50. The van der Waals surface area contributed by atoms with Crippen LogP contribution in [0.4, 0.5) is 0 Å². The Hall–Kier alpha value is -1.96. The third-order valence-corrected chi connectivity index (χ3v) is 6.65. The van der Waals surface area contributed by atoms with Crippen molar-refractivity contribution in [3.8, 4) is 0 Å². The quantitative estimate of drug-likeness (QED) is 0.277. The summed E-state index contributed by atoms with van der Waals surface area (Å²) in [6, 6.07) is 9.68. The van der Waals surface area contributed by atoms with E-state index in [2.05, 4.69) is 8.83 Å². The molecule has 0 radical (unpaired) electrons. The van der Waals surface area contributed by atoms with E-state index < -0.39 is 58.0 Å². The first-order valence-electron chi connectivity index (χ1n) is 9.00. The molecule has 2 heterocycles. The lowest BCUT2D eigenvalue weighted by Gasteiger charge is -2.19. The fourth-order valence-corrected chi connectivity index (χ4v) is 4.66. The molecule has 0 spiro atoms. The Bertz CT molecular complexity index is 1160. The van der Waals surface area contributed by atoms with E-state index >= 15 is 0 Å². The molecular weight excluding hydrogens is 474 g/mol. The molecular formula is C16H20N2O12P2. The van der Waals surface area contributed by atoms with Crippen molar-refractivity contribution in [3.63, 3.8) is 0 Å². The molecule has 1 aliphatic rings. The predicted octanol–water partition coefficient (Wildman–Crippen LogP) is -1.10. The first-order chi connectivity index (χ1) is 14.9. The van der Waals surface area contributed by atoms with Gasteiger partial charge in [-0.1, -0.05) is 30.3 Å². The summed E-state index contributed by atoms with van der Waals surface area (Å²) in [4.78, 5) is 51.6. The van der Waals surface area contributed by atoms with Gasteiger partial charge >= 0.3 is 21.3 Å². The van der Waals surface area contributed by atoms with Crippen LogP contribution >= 0.6 is 15.6 Å². The first kappa shape index (κ1) is 24.7. The smallest absolute Gasteiger partial charge is 0.387 e. The number of aliphatic hydroxyl groups excluding tert-OH is 2. The van der Waals surface area contributed by atoms with Crippen molar-refractivity contribution >= 4 is 15.6 Å². The Balaban J connectivity index is 1.79. The number of hydrogen-bond donors (Lipinski definition) is 5. The topological polar surface area (TPSA) is 207 Å². The lowest BCUT2D eigenvalue weighted by Crippen LogP contribution is -2.43. The van der Waals surface area contributed by atoms with Crippen LogP contribution < -0.4 is 11.2 Å². The molecule has 32 heavy (non-hydrogen) atoms. The predicted molar refractivity (Wildman–Crippen MR) is 105 cm³/mol. The van der Waals surface area contributed by atoms with Gasteiger partial charge in [0.15, 0.2) is 6.23 Å². The molecule has 2 aromatic rings. The normalized spacial score (nSPS) is 25.5. The summed E-state index contributed by atoms with van der Waals surface area (Å²) >= 11 is 0. The van der Waals surface area contributed by atoms with E-state index in [1.807, 2.05) is 0 Å². The largest absolute Gasteiger partial charge is 0.481 e. The van der Waals surface area contributed by atoms with Gasteiger partial charge in [0.2, 0.25) is 0 Å². The highest BCUT2D eigenvalue weighted by Crippen LogP contribution is 2.57.